The third kappa shape index (κ3) is 2.21. The van der Waals surface area contributed by atoms with Gasteiger partial charge in [0.2, 0.25) is 11.8 Å². The predicted molar refractivity (Wildman–Crippen MR) is 97.4 cm³/mol. The molecule has 1 fully saturated rings. The van der Waals surface area contributed by atoms with Gasteiger partial charge in [0.1, 0.15) is 5.69 Å². The van der Waals surface area contributed by atoms with Crippen molar-refractivity contribution in [2.45, 2.75) is 38.5 Å². The number of carbonyl (C=O) groups excluding carboxylic acids is 2. The molecule has 2 atom stereocenters. The first-order valence-corrected chi connectivity index (χ1v) is 9.04. The number of aromatic amines is 1. The number of H-pyrrole nitrogens is 1. The number of nitrogens with one attached hydrogen (secondary N) is 2. The molecular formula is C20H19N3O3. The van der Waals surface area contributed by atoms with Crippen molar-refractivity contribution in [3.63, 3.8) is 0 Å². The summed E-state index contributed by atoms with van der Waals surface area (Å²) in [6, 6.07) is 4.03. The van der Waals surface area contributed by atoms with E-state index in [2.05, 4.69) is 28.5 Å². The monoisotopic (exact) mass is 349 g/mol. The molecule has 2 aliphatic rings. The minimum atomic E-state index is -0.455. The predicted octanol–water partition coefficient (Wildman–Crippen LogP) is 3.64. The molecule has 1 saturated heterocycles. The summed E-state index contributed by atoms with van der Waals surface area (Å²) in [5.74, 6) is -0.324. The molecule has 3 aromatic rings. The fourth-order valence-electron chi connectivity index (χ4n) is 4.24. The zero-order valence-electron chi connectivity index (χ0n) is 14.5. The quantitative estimate of drug-likeness (QED) is 0.691. The van der Waals surface area contributed by atoms with Crippen LogP contribution in [0.2, 0.25) is 0 Å². The van der Waals surface area contributed by atoms with Crippen LogP contribution in [0.15, 0.2) is 28.9 Å². The zero-order chi connectivity index (χ0) is 17.8. The second-order valence-electron chi connectivity index (χ2n) is 7.41. The van der Waals surface area contributed by atoms with Crippen molar-refractivity contribution in [2.75, 3.05) is 0 Å². The maximum atomic E-state index is 12.3. The largest absolute Gasteiger partial charge is 0.361 e. The normalized spacial score (nSPS) is 23.7. The van der Waals surface area contributed by atoms with Crippen LogP contribution < -0.4 is 5.32 Å². The fourth-order valence-corrected chi connectivity index (χ4v) is 4.24. The minimum Gasteiger partial charge on any atom is -0.361 e. The Labute approximate surface area is 149 Å². The first kappa shape index (κ1) is 15.4. The lowest BCUT2D eigenvalue weighted by atomic mass is 9.90. The van der Waals surface area contributed by atoms with E-state index in [4.69, 9.17) is 4.52 Å². The molecule has 1 aliphatic heterocycles. The number of aromatic nitrogens is 2. The molecule has 1 unspecified atom stereocenters. The van der Waals surface area contributed by atoms with E-state index in [0.29, 0.717) is 30.0 Å². The molecule has 2 N–H and O–H groups in total. The number of piperidine rings is 1. The molecule has 0 spiro atoms. The summed E-state index contributed by atoms with van der Waals surface area (Å²) in [6.45, 7) is 2.25. The van der Waals surface area contributed by atoms with E-state index in [-0.39, 0.29) is 11.8 Å². The van der Waals surface area contributed by atoms with Crippen molar-refractivity contribution in [3.05, 3.63) is 35.7 Å². The first-order chi connectivity index (χ1) is 12.6. The lowest BCUT2D eigenvalue weighted by Gasteiger charge is -2.19. The summed E-state index contributed by atoms with van der Waals surface area (Å²) >= 11 is 0. The van der Waals surface area contributed by atoms with Gasteiger partial charge in [0.15, 0.2) is 5.58 Å². The summed E-state index contributed by atoms with van der Waals surface area (Å²) in [5, 5.41) is 8.51. The molecule has 132 valence electrons. The van der Waals surface area contributed by atoms with Crippen molar-refractivity contribution in [1.82, 2.24) is 15.5 Å². The Bertz CT molecular complexity index is 1090. The van der Waals surface area contributed by atoms with Gasteiger partial charge in [-0.2, -0.15) is 0 Å². The van der Waals surface area contributed by atoms with Gasteiger partial charge in [0.05, 0.1) is 16.8 Å². The lowest BCUT2D eigenvalue weighted by Crippen LogP contribution is -2.39. The topological polar surface area (TPSA) is 88.0 Å². The molecule has 6 nitrogen and oxygen atoms in total. The molecule has 3 heterocycles. The van der Waals surface area contributed by atoms with E-state index >= 15 is 0 Å². The highest BCUT2D eigenvalue weighted by atomic mass is 16.5. The highest BCUT2D eigenvalue weighted by Gasteiger charge is 2.33. The number of hydrogen-bond acceptors (Lipinski definition) is 4. The van der Waals surface area contributed by atoms with Gasteiger partial charge < -0.3 is 9.51 Å². The molecule has 26 heavy (non-hydrogen) atoms. The molecule has 0 radical (unpaired) electrons. The van der Waals surface area contributed by atoms with Gasteiger partial charge in [-0.3, -0.25) is 14.9 Å². The number of allylic oxidation sites excluding steroid dienone is 2. The SMILES string of the molecule is C[C@@H]1CC=C(c2cc3onc(C4CCC(=O)NC4=O)c3c3cc[nH]c23)C1. The number of hydrogen-bond donors (Lipinski definition) is 2. The second-order valence-corrected chi connectivity index (χ2v) is 7.41. The third-order valence-electron chi connectivity index (χ3n) is 5.56. The molecule has 1 aliphatic carbocycles. The summed E-state index contributed by atoms with van der Waals surface area (Å²) in [4.78, 5) is 27.1. The van der Waals surface area contributed by atoms with Crippen LogP contribution in [0.4, 0.5) is 0 Å². The molecular weight excluding hydrogens is 330 g/mol. The van der Waals surface area contributed by atoms with Gasteiger partial charge in [-0.05, 0) is 42.9 Å². The van der Waals surface area contributed by atoms with Crippen molar-refractivity contribution in [1.29, 1.82) is 0 Å². The highest BCUT2D eigenvalue weighted by molar-refractivity contribution is 6.12. The Hall–Kier alpha value is -2.89. The zero-order valence-corrected chi connectivity index (χ0v) is 14.5. The number of imide groups is 1. The number of amides is 2. The van der Waals surface area contributed by atoms with Crippen LogP contribution >= 0.6 is 0 Å². The summed E-state index contributed by atoms with van der Waals surface area (Å²) < 4.78 is 5.63. The van der Waals surface area contributed by atoms with E-state index in [1.165, 1.54) is 5.57 Å². The first-order valence-electron chi connectivity index (χ1n) is 9.04. The number of rotatable bonds is 2. The number of nitrogens with zero attached hydrogens (tertiary/aromatic N) is 1. The minimum absolute atomic E-state index is 0.226. The maximum absolute atomic E-state index is 12.3. The molecule has 2 aromatic heterocycles. The van der Waals surface area contributed by atoms with Gasteiger partial charge in [0, 0.05) is 23.6 Å². The van der Waals surface area contributed by atoms with Crippen molar-refractivity contribution in [2.24, 2.45) is 5.92 Å². The standard InChI is InChI=1S/C20H19N3O3/c1-10-2-3-11(8-10)14-9-15-17(12-6-7-21-18(12)14)19(23-26-15)13-4-5-16(24)22-20(13)25/h3,6-7,9-10,13,21H,2,4-5,8H2,1H3,(H,22,24,25)/t10-,13?/m1/s1. The molecule has 5 rings (SSSR count). The van der Waals surface area contributed by atoms with Gasteiger partial charge >= 0.3 is 0 Å². The highest BCUT2D eigenvalue weighted by Crippen LogP contribution is 2.41. The smallest absolute Gasteiger partial charge is 0.235 e. The summed E-state index contributed by atoms with van der Waals surface area (Å²) in [5.41, 5.74) is 4.83. The Morgan fingerprint density at radius 2 is 2.19 bits per heavy atom. The van der Waals surface area contributed by atoms with Crippen LogP contribution in [0.5, 0.6) is 0 Å². The van der Waals surface area contributed by atoms with Crippen LogP contribution in [0.3, 0.4) is 0 Å². The number of benzene rings is 1. The van der Waals surface area contributed by atoms with Gasteiger partial charge in [-0.1, -0.05) is 18.2 Å². The van der Waals surface area contributed by atoms with Gasteiger partial charge in [-0.25, -0.2) is 0 Å². The van der Waals surface area contributed by atoms with Crippen molar-refractivity contribution >= 4 is 39.3 Å². The summed E-state index contributed by atoms with van der Waals surface area (Å²) in [6.07, 6.45) is 7.13. The van der Waals surface area contributed by atoms with Crippen LogP contribution in [0.1, 0.15) is 49.8 Å². The van der Waals surface area contributed by atoms with Crippen LogP contribution in [0.25, 0.3) is 27.4 Å². The number of fused-ring (bicyclic) bond motifs is 3. The molecule has 2 amide bonds. The molecule has 0 bridgehead atoms. The van der Waals surface area contributed by atoms with Crippen molar-refractivity contribution < 1.29 is 14.1 Å². The average molecular weight is 349 g/mol. The lowest BCUT2D eigenvalue weighted by molar-refractivity contribution is -0.134. The maximum Gasteiger partial charge on any atom is 0.235 e. The van der Waals surface area contributed by atoms with E-state index in [0.717, 1.165) is 34.7 Å². The van der Waals surface area contributed by atoms with E-state index < -0.39 is 5.92 Å². The third-order valence-corrected chi connectivity index (χ3v) is 5.56. The van der Waals surface area contributed by atoms with E-state index in [1.54, 1.807) is 0 Å². The van der Waals surface area contributed by atoms with Gasteiger partial charge in [0.25, 0.3) is 0 Å². The Kier molecular flexibility index (Phi) is 3.29. The van der Waals surface area contributed by atoms with Crippen LogP contribution in [-0.2, 0) is 9.59 Å². The van der Waals surface area contributed by atoms with E-state index in [1.807, 2.05) is 18.3 Å². The Balaban J connectivity index is 1.69. The Morgan fingerprint density at radius 3 is 2.96 bits per heavy atom. The second kappa shape index (κ2) is 5.56. The van der Waals surface area contributed by atoms with Gasteiger partial charge in [-0.15, -0.1) is 0 Å². The van der Waals surface area contributed by atoms with Crippen LogP contribution in [-0.4, -0.2) is 22.0 Å². The average Bonchev–Trinajstić information content (AvgIpc) is 3.32. The molecule has 1 aromatic carbocycles. The van der Waals surface area contributed by atoms with E-state index in [9.17, 15) is 9.59 Å². The number of carbonyl (C=O) groups is 2. The molecule has 6 heteroatoms. The van der Waals surface area contributed by atoms with Crippen molar-refractivity contribution in [3.8, 4) is 0 Å². The van der Waals surface area contributed by atoms with Crippen LogP contribution in [0, 0.1) is 5.92 Å². The summed E-state index contributed by atoms with van der Waals surface area (Å²) in [7, 11) is 0. The Morgan fingerprint density at radius 1 is 1.31 bits per heavy atom. The molecule has 0 saturated carbocycles. The fraction of sp³-hybridized carbons (Fsp3) is 0.350.